The van der Waals surface area contributed by atoms with Gasteiger partial charge in [0, 0.05) is 5.92 Å². The molecule has 0 spiro atoms. The Morgan fingerprint density at radius 2 is 2.11 bits per heavy atom. The topological polar surface area (TPSA) is 29.5 Å². The molecule has 0 bridgehead atoms. The first-order valence-electron chi connectivity index (χ1n) is 3.34. The Morgan fingerprint density at radius 3 is 2.22 bits per heavy atom. The highest BCUT2D eigenvalue weighted by Gasteiger charge is 2.38. The fourth-order valence-corrected chi connectivity index (χ4v) is 0.962. The van der Waals surface area contributed by atoms with E-state index in [0.717, 1.165) is 0 Å². The van der Waals surface area contributed by atoms with Crippen LogP contribution >= 0.6 is 0 Å². The predicted octanol–water partition coefficient (Wildman–Crippen LogP) is 0.997. The monoisotopic (exact) mass is 130 g/mol. The summed E-state index contributed by atoms with van der Waals surface area (Å²) in [5.41, 5.74) is 0.152. The largest absolute Gasteiger partial charge is 0.368 e. The van der Waals surface area contributed by atoms with Gasteiger partial charge in [-0.15, -0.1) is 0 Å². The van der Waals surface area contributed by atoms with Crippen molar-refractivity contribution in [2.45, 2.75) is 27.1 Å². The molecule has 54 valence electrons. The minimum absolute atomic E-state index is 0.152. The fraction of sp³-hybridized carbons (Fsp3) is 1.00. The molecule has 0 amide bonds. The molecular weight excluding hydrogens is 116 g/mol. The van der Waals surface area contributed by atoms with Gasteiger partial charge in [0.1, 0.15) is 0 Å². The maximum absolute atomic E-state index is 9.11. The SMILES string of the molecule is C[C@H]1C(O)OCC1(C)C. The van der Waals surface area contributed by atoms with Crippen LogP contribution in [0.15, 0.2) is 0 Å². The number of ether oxygens (including phenoxy) is 1. The van der Waals surface area contributed by atoms with Crippen LogP contribution < -0.4 is 0 Å². The van der Waals surface area contributed by atoms with E-state index in [-0.39, 0.29) is 11.3 Å². The number of rotatable bonds is 0. The Hall–Kier alpha value is -0.0800. The van der Waals surface area contributed by atoms with Crippen molar-refractivity contribution in [1.82, 2.24) is 0 Å². The quantitative estimate of drug-likeness (QED) is 0.530. The molecule has 1 rings (SSSR count). The van der Waals surface area contributed by atoms with Gasteiger partial charge in [-0.3, -0.25) is 0 Å². The lowest BCUT2D eigenvalue weighted by molar-refractivity contribution is -0.0788. The van der Waals surface area contributed by atoms with E-state index in [4.69, 9.17) is 9.84 Å². The standard InChI is InChI=1S/C7H14O2/c1-5-6(8)9-4-7(5,2)3/h5-6,8H,4H2,1-3H3/t5-,6?/m0/s1. The Kier molecular flexibility index (Phi) is 1.53. The fourth-order valence-electron chi connectivity index (χ4n) is 0.962. The number of aliphatic hydroxyl groups is 1. The molecule has 2 heteroatoms. The molecule has 0 aromatic carbocycles. The normalized spacial score (nSPS) is 41.3. The van der Waals surface area contributed by atoms with Crippen LogP contribution in [0.2, 0.25) is 0 Å². The highest BCUT2D eigenvalue weighted by molar-refractivity contribution is 4.82. The van der Waals surface area contributed by atoms with Crippen LogP contribution in [0.1, 0.15) is 20.8 Å². The average Bonchev–Trinajstić information content (AvgIpc) is 1.97. The van der Waals surface area contributed by atoms with Crippen LogP contribution in [0.3, 0.4) is 0 Å². The molecule has 0 aromatic heterocycles. The van der Waals surface area contributed by atoms with Crippen LogP contribution in [0, 0.1) is 11.3 Å². The smallest absolute Gasteiger partial charge is 0.157 e. The summed E-state index contributed by atoms with van der Waals surface area (Å²) in [4.78, 5) is 0. The molecule has 0 radical (unpaired) electrons. The minimum Gasteiger partial charge on any atom is -0.368 e. The molecule has 1 fully saturated rings. The van der Waals surface area contributed by atoms with Gasteiger partial charge >= 0.3 is 0 Å². The summed E-state index contributed by atoms with van der Waals surface area (Å²) in [6.45, 7) is 6.90. The molecule has 2 atom stereocenters. The summed E-state index contributed by atoms with van der Waals surface area (Å²) in [5.74, 6) is 0.262. The van der Waals surface area contributed by atoms with Gasteiger partial charge < -0.3 is 9.84 Å². The molecule has 0 saturated carbocycles. The molecule has 9 heavy (non-hydrogen) atoms. The number of hydrogen-bond donors (Lipinski definition) is 1. The van der Waals surface area contributed by atoms with Crippen LogP contribution in [0.25, 0.3) is 0 Å². The molecule has 2 nitrogen and oxygen atoms in total. The first-order chi connectivity index (χ1) is 4.04. The van der Waals surface area contributed by atoms with Crippen LogP contribution in [0.5, 0.6) is 0 Å². The van der Waals surface area contributed by atoms with Gasteiger partial charge in [-0.25, -0.2) is 0 Å². The van der Waals surface area contributed by atoms with Crippen LogP contribution in [0.4, 0.5) is 0 Å². The molecule has 1 aliphatic heterocycles. The number of hydrogen-bond acceptors (Lipinski definition) is 2. The summed E-state index contributed by atoms with van der Waals surface area (Å²) >= 11 is 0. The van der Waals surface area contributed by atoms with Gasteiger partial charge in [0.2, 0.25) is 0 Å². The third-order valence-corrected chi connectivity index (χ3v) is 2.29. The van der Waals surface area contributed by atoms with Crippen molar-refractivity contribution in [1.29, 1.82) is 0 Å². The van der Waals surface area contributed by atoms with Gasteiger partial charge in [0.25, 0.3) is 0 Å². The van der Waals surface area contributed by atoms with E-state index >= 15 is 0 Å². The second-order valence-corrected chi connectivity index (χ2v) is 3.48. The lowest BCUT2D eigenvalue weighted by Crippen LogP contribution is -2.23. The lowest BCUT2D eigenvalue weighted by Gasteiger charge is -2.21. The summed E-state index contributed by atoms with van der Waals surface area (Å²) in [5, 5.41) is 9.11. The Labute approximate surface area is 55.8 Å². The van der Waals surface area contributed by atoms with E-state index in [1.54, 1.807) is 0 Å². The number of aliphatic hydroxyl groups excluding tert-OH is 1. The van der Waals surface area contributed by atoms with Gasteiger partial charge in [-0.05, 0) is 5.41 Å². The van der Waals surface area contributed by atoms with Crippen molar-refractivity contribution in [3.05, 3.63) is 0 Å². The molecule has 1 aliphatic rings. The Balaban J connectivity index is 2.62. The van der Waals surface area contributed by atoms with Crippen LogP contribution in [-0.2, 0) is 4.74 Å². The van der Waals surface area contributed by atoms with Crippen molar-refractivity contribution in [2.24, 2.45) is 11.3 Å². The molecule has 0 aromatic rings. The van der Waals surface area contributed by atoms with Gasteiger partial charge in [0.15, 0.2) is 6.29 Å². The first-order valence-corrected chi connectivity index (χ1v) is 3.34. The highest BCUT2D eigenvalue weighted by Crippen LogP contribution is 2.35. The van der Waals surface area contributed by atoms with E-state index < -0.39 is 6.29 Å². The van der Waals surface area contributed by atoms with E-state index in [0.29, 0.717) is 6.61 Å². The van der Waals surface area contributed by atoms with E-state index in [2.05, 4.69) is 13.8 Å². The van der Waals surface area contributed by atoms with E-state index in [1.165, 1.54) is 0 Å². The summed E-state index contributed by atoms with van der Waals surface area (Å²) in [7, 11) is 0. The van der Waals surface area contributed by atoms with Gasteiger partial charge in [-0.2, -0.15) is 0 Å². The summed E-state index contributed by atoms with van der Waals surface area (Å²) < 4.78 is 5.04. The molecular formula is C7H14O2. The van der Waals surface area contributed by atoms with Crippen molar-refractivity contribution >= 4 is 0 Å². The summed E-state index contributed by atoms with van der Waals surface area (Å²) in [6.07, 6.45) is -0.542. The van der Waals surface area contributed by atoms with Gasteiger partial charge in [-0.1, -0.05) is 20.8 Å². The molecule has 1 saturated heterocycles. The van der Waals surface area contributed by atoms with E-state index in [1.807, 2.05) is 6.92 Å². The first kappa shape index (κ1) is 7.03. The molecule has 1 N–H and O–H groups in total. The maximum atomic E-state index is 9.11. The minimum atomic E-state index is -0.542. The van der Waals surface area contributed by atoms with Crippen molar-refractivity contribution in [2.75, 3.05) is 6.61 Å². The highest BCUT2D eigenvalue weighted by atomic mass is 16.6. The van der Waals surface area contributed by atoms with E-state index in [9.17, 15) is 0 Å². The Bertz CT molecular complexity index is 109. The van der Waals surface area contributed by atoms with Crippen LogP contribution in [-0.4, -0.2) is 18.0 Å². The molecule has 0 aliphatic carbocycles. The molecule has 1 heterocycles. The van der Waals surface area contributed by atoms with Crippen molar-refractivity contribution in [3.8, 4) is 0 Å². The Morgan fingerprint density at radius 1 is 1.56 bits per heavy atom. The zero-order chi connectivity index (χ0) is 7.07. The predicted molar refractivity (Wildman–Crippen MR) is 34.9 cm³/mol. The molecule has 1 unspecified atom stereocenters. The van der Waals surface area contributed by atoms with Crippen molar-refractivity contribution in [3.63, 3.8) is 0 Å². The maximum Gasteiger partial charge on any atom is 0.157 e. The zero-order valence-electron chi connectivity index (χ0n) is 6.22. The van der Waals surface area contributed by atoms with Crippen molar-refractivity contribution < 1.29 is 9.84 Å². The third kappa shape index (κ3) is 1.10. The zero-order valence-corrected chi connectivity index (χ0v) is 6.22. The average molecular weight is 130 g/mol. The summed E-state index contributed by atoms with van der Waals surface area (Å²) in [6, 6.07) is 0. The lowest BCUT2D eigenvalue weighted by atomic mass is 9.83. The second kappa shape index (κ2) is 1.96. The second-order valence-electron chi connectivity index (χ2n) is 3.48. The van der Waals surface area contributed by atoms with Gasteiger partial charge in [0.05, 0.1) is 6.61 Å². The third-order valence-electron chi connectivity index (χ3n) is 2.29.